The standard InChI is InChI=1S/C32H32N2O6/c1-39-27-9-5-8-25(19-27)29(35)21-40-32(38)24-10-12-26(13-11-24)34-30(36)20-28(31(34)37)33-16-14-23(15-17-33)18-22-6-3-2-4-7-22/h2-13,19,23,28H,14-18,20-21H2,1H3. The van der Waals surface area contributed by atoms with Crippen LogP contribution in [-0.2, 0) is 20.7 Å². The Bertz CT molecular complexity index is 1380. The number of amides is 2. The van der Waals surface area contributed by atoms with Crippen LogP contribution in [0.2, 0.25) is 0 Å². The summed E-state index contributed by atoms with van der Waals surface area (Å²) < 4.78 is 10.3. The highest BCUT2D eigenvalue weighted by Crippen LogP contribution is 2.30. The largest absolute Gasteiger partial charge is 0.497 e. The molecule has 0 radical (unpaired) electrons. The number of rotatable bonds is 9. The molecular formula is C32H32N2O6. The van der Waals surface area contributed by atoms with Crippen molar-refractivity contribution in [1.29, 1.82) is 0 Å². The smallest absolute Gasteiger partial charge is 0.338 e. The summed E-state index contributed by atoms with van der Waals surface area (Å²) in [5, 5.41) is 0. The Morgan fingerprint density at radius 1 is 0.875 bits per heavy atom. The van der Waals surface area contributed by atoms with E-state index in [1.54, 1.807) is 36.4 Å². The third-order valence-electron chi connectivity index (χ3n) is 7.67. The number of imide groups is 1. The normalized spacial score (nSPS) is 18.1. The molecule has 2 saturated heterocycles. The fourth-order valence-corrected chi connectivity index (χ4v) is 5.43. The maximum absolute atomic E-state index is 13.3. The number of nitrogens with zero attached hydrogens (tertiary/aromatic N) is 2. The Balaban J connectivity index is 1.15. The van der Waals surface area contributed by atoms with Crippen LogP contribution in [0.4, 0.5) is 5.69 Å². The molecular weight excluding hydrogens is 508 g/mol. The minimum Gasteiger partial charge on any atom is -0.497 e. The molecule has 2 aliphatic rings. The molecule has 2 aliphatic heterocycles. The van der Waals surface area contributed by atoms with Gasteiger partial charge in [-0.1, -0.05) is 42.5 Å². The summed E-state index contributed by atoms with van der Waals surface area (Å²) in [6.07, 6.45) is 3.16. The molecule has 0 bridgehead atoms. The van der Waals surface area contributed by atoms with E-state index in [9.17, 15) is 19.2 Å². The van der Waals surface area contributed by atoms with Gasteiger partial charge in [0.25, 0.3) is 5.91 Å². The summed E-state index contributed by atoms with van der Waals surface area (Å²) in [4.78, 5) is 54.4. The highest BCUT2D eigenvalue weighted by atomic mass is 16.5. The van der Waals surface area contributed by atoms with Crippen LogP contribution in [0.1, 0.15) is 45.5 Å². The van der Waals surface area contributed by atoms with Gasteiger partial charge in [0.15, 0.2) is 12.4 Å². The second-order valence-electron chi connectivity index (χ2n) is 10.2. The van der Waals surface area contributed by atoms with Crippen molar-refractivity contribution in [2.45, 2.75) is 31.7 Å². The number of piperidine rings is 1. The van der Waals surface area contributed by atoms with Crippen LogP contribution in [0.15, 0.2) is 78.9 Å². The lowest BCUT2D eigenvalue weighted by Crippen LogP contribution is -2.46. The van der Waals surface area contributed by atoms with Gasteiger partial charge < -0.3 is 9.47 Å². The van der Waals surface area contributed by atoms with E-state index in [4.69, 9.17) is 9.47 Å². The predicted molar refractivity (Wildman–Crippen MR) is 149 cm³/mol. The molecule has 3 aromatic carbocycles. The Morgan fingerprint density at radius 3 is 2.30 bits per heavy atom. The van der Waals surface area contributed by atoms with Gasteiger partial charge in [0.05, 0.1) is 30.8 Å². The zero-order valence-electron chi connectivity index (χ0n) is 22.5. The van der Waals surface area contributed by atoms with Crippen molar-refractivity contribution in [2.24, 2.45) is 5.92 Å². The monoisotopic (exact) mass is 540 g/mol. The number of ether oxygens (including phenoxy) is 2. The first-order valence-electron chi connectivity index (χ1n) is 13.5. The first-order valence-corrected chi connectivity index (χ1v) is 13.5. The van der Waals surface area contributed by atoms with E-state index in [0.717, 1.165) is 32.4 Å². The molecule has 0 N–H and O–H groups in total. The quantitative estimate of drug-likeness (QED) is 0.227. The van der Waals surface area contributed by atoms with Crippen LogP contribution < -0.4 is 9.64 Å². The summed E-state index contributed by atoms with van der Waals surface area (Å²) in [5.41, 5.74) is 2.34. The second-order valence-corrected chi connectivity index (χ2v) is 10.2. The molecule has 0 aromatic heterocycles. The first-order chi connectivity index (χ1) is 19.4. The molecule has 0 spiro atoms. The maximum Gasteiger partial charge on any atom is 0.338 e. The van der Waals surface area contributed by atoms with Crippen LogP contribution in [0.3, 0.4) is 0 Å². The molecule has 206 valence electrons. The predicted octanol–water partition coefficient (Wildman–Crippen LogP) is 4.32. The molecule has 2 amide bonds. The number of benzene rings is 3. The molecule has 5 rings (SSSR count). The lowest BCUT2D eigenvalue weighted by atomic mass is 9.89. The number of likely N-dealkylation sites (tertiary alicyclic amines) is 1. The molecule has 8 heteroatoms. The third kappa shape index (κ3) is 6.13. The summed E-state index contributed by atoms with van der Waals surface area (Å²) in [7, 11) is 1.51. The molecule has 3 aromatic rings. The second kappa shape index (κ2) is 12.3. The van der Waals surface area contributed by atoms with E-state index in [2.05, 4.69) is 29.2 Å². The molecule has 0 saturated carbocycles. The Labute approximate surface area is 233 Å². The number of carbonyl (C=O) groups excluding carboxylic acids is 4. The van der Waals surface area contributed by atoms with Crippen molar-refractivity contribution in [3.05, 3.63) is 95.6 Å². The molecule has 0 aliphatic carbocycles. The summed E-state index contributed by atoms with van der Waals surface area (Å²) in [6.45, 7) is 1.16. The van der Waals surface area contributed by atoms with Gasteiger partial charge in [0, 0.05) is 5.56 Å². The average Bonchev–Trinajstić information content (AvgIpc) is 3.30. The topological polar surface area (TPSA) is 93.2 Å². The Hall–Kier alpha value is -4.30. The molecule has 1 atom stereocenters. The van der Waals surface area contributed by atoms with E-state index in [0.29, 0.717) is 22.9 Å². The lowest BCUT2D eigenvalue weighted by molar-refractivity contribution is -0.123. The van der Waals surface area contributed by atoms with Crippen molar-refractivity contribution >= 4 is 29.3 Å². The summed E-state index contributed by atoms with van der Waals surface area (Å²) >= 11 is 0. The van der Waals surface area contributed by atoms with Crippen LogP contribution in [0.25, 0.3) is 0 Å². The van der Waals surface area contributed by atoms with E-state index in [1.807, 2.05) is 6.07 Å². The highest BCUT2D eigenvalue weighted by Gasteiger charge is 2.43. The number of hydrogen-bond donors (Lipinski definition) is 0. The Morgan fingerprint density at radius 2 is 1.60 bits per heavy atom. The van der Waals surface area contributed by atoms with Crippen molar-refractivity contribution in [3.63, 3.8) is 0 Å². The van der Waals surface area contributed by atoms with E-state index in [-0.39, 0.29) is 29.6 Å². The molecule has 2 heterocycles. The minimum atomic E-state index is -0.668. The molecule has 8 nitrogen and oxygen atoms in total. The highest BCUT2D eigenvalue weighted by molar-refractivity contribution is 6.22. The van der Waals surface area contributed by atoms with E-state index < -0.39 is 18.6 Å². The number of esters is 1. The summed E-state index contributed by atoms with van der Waals surface area (Å²) in [5.74, 6) is -0.398. The van der Waals surface area contributed by atoms with Gasteiger partial charge in [0.1, 0.15) is 5.75 Å². The number of ketones is 1. The van der Waals surface area contributed by atoms with Gasteiger partial charge in [-0.3, -0.25) is 19.3 Å². The van der Waals surface area contributed by atoms with Crippen LogP contribution in [0, 0.1) is 5.92 Å². The van der Waals surface area contributed by atoms with Gasteiger partial charge in [-0.15, -0.1) is 0 Å². The van der Waals surface area contributed by atoms with E-state index >= 15 is 0 Å². The number of methoxy groups -OCH3 is 1. The van der Waals surface area contributed by atoms with E-state index in [1.165, 1.54) is 29.7 Å². The lowest BCUT2D eigenvalue weighted by Gasteiger charge is -2.34. The fraction of sp³-hybridized carbons (Fsp3) is 0.312. The van der Waals surface area contributed by atoms with Gasteiger partial charge in [-0.25, -0.2) is 9.69 Å². The van der Waals surface area contributed by atoms with Gasteiger partial charge in [0.2, 0.25) is 5.91 Å². The van der Waals surface area contributed by atoms with Gasteiger partial charge in [-0.05, 0) is 80.2 Å². The van der Waals surface area contributed by atoms with Crippen molar-refractivity contribution in [2.75, 3.05) is 31.7 Å². The van der Waals surface area contributed by atoms with Gasteiger partial charge >= 0.3 is 5.97 Å². The third-order valence-corrected chi connectivity index (χ3v) is 7.67. The maximum atomic E-state index is 13.3. The number of anilines is 1. The van der Waals surface area contributed by atoms with Crippen LogP contribution >= 0.6 is 0 Å². The minimum absolute atomic E-state index is 0.151. The summed E-state index contributed by atoms with van der Waals surface area (Å²) in [6, 6.07) is 22.7. The fourth-order valence-electron chi connectivity index (χ4n) is 5.43. The zero-order valence-corrected chi connectivity index (χ0v) is 22.5. The number of hydrogen-bond acceptors (Lipinski definition) is 7. The van der Waals surface area contributed by atoms with Crippen molar-refractivity contribution in [1.82, 2.24) is 4.90 Å². The zero-order chi connectivity index (χ0) is 28.1. The first kappa shape index (κ1) is 27.3. The molecule has 1 unspecified atom stereocenters. The Kier molecular flexibility index (Phi) is 8.36. The number of Topliss-reactive ketones (excluding diaryl/α,β-unsaturated/α-hetero) is 1. The van der Waals surface area contributed by atoms with Crippen molar-refractivity contribution in [3.8, 4) is 5.75 Å². The average molecular weight is 541 g/mol. The van der Waals surface area contributed by atoms with Crippen LogP contribution in [-0.4, -0.2) is 61.3 Å². The van der Waals surface area contributed by atoms with Gasteiger partial charge in [-0.2, -0.15) is 0 Å². The van der Waals surface area contributed by atoms with Crippen molar-refractivity contribution < 1.29 is 28.7 Å². The SMILES string of the molecule is COc1cccc(C(=O)COC(=O)c2ccc(N3C(=O)CC(N4CCC(Cc5ccccc5)CC4)C3=O)cc2)c1. The number of carbonyl (C=O) groups is 4. The van der Waals surface area contributed by atoms with Crippen LogP contribution in [0.5, 0.6) is 5.75 Å². The molecule has 2 fully saturated rings. The molecule has 40 heavy (non-hydrogen) atoms.